The van der Waals surface area contributed by atoms with Gasteiger partial charge in [0, 0.05) is 11.1 Å². The molecule has 0 heterocycles. The van der Waals surface area contributed by atoms with Crippen LogP contribution in [0.3, 0.4) is 0 Å². The van der Waals surface area contributed by atoms with Crippen molar-refractivity contribution in [2.45, 2.75) is 32.6 Å². The Morgan fingerprint density at radius 2 is 1.95 bits per heavy atom. The minimum atomic E-state index is -0.400. The Kier molecular flexibility index (Phi) is 3.88. The molecule has 1 aliphatic rings. The van der Waals surface area contributed by atoms with E-state index in [1.54, 1.807) is 24.3 Å². The lowest BCUT2D eigenvalue weighted by atomic mass is 9.88. The molecule has 0 spiro atoms. The van der Waals surface area contributed by atoms with Crippen LogP contribution >= 0.6 is 0 Å². The van der Waals surface area contributed by atoms with Crippen LogP contribution in [0.2, 0.25) is 0 Å². The molecular weight excluding hydrogens is 242 g/mol. The van der Waals surface area contributed by atoms with Crippen LogP contribution in [0.1, 0.15) is 43.0 Å². The standard InChI is InChI=1S/C15H19NO3/c1-15(8-3-4-9-15)14(18)16-12-7-5-6-11(10-12)13(17)19-2/h5-7,10H,3-4,8-9H2,1-2H3,(H,16,18). The van der Waals surface area contributed by atoms with E-state index in [9.17, 15) is 9.59 Å². The van der Waals surface area contributed by atoms with Gasteiger partial charge in [-0.05, 0) is 31.0 Å². The molecule has 2 rings (SSSR count). The molecular formula is C15H19NO3. The number of rotatable bonds is 3. The summed E-state index contributed by atoms with van der Waals surface area (Å²) in [6.07, 6.45) is 4.06. The van der Waals surface area contributed by atoms with Crippen molar-refractivity contribution in [3.8, 4) is 0 Å². The summed E-state index contributed by atoms with van der Waals surface area (Å²) in [7, 11) is 1.34. The van der Waals surface area contributed by atoms with Gasteiger partial charge in [-0.25, -0.2) is 4.79 Å². The quantitative estimate of drug-likeness (QED) is 0.851. The number of carbonyl (C=O) groups excluding carboxylic acids is 2. The van der Waals surface area contributed by atoms with E-state index in [1.807, 2.05) is 6.92 Å². The maximum Gasteiger partial charge on any atom is 0.337 e. The number of methoxy groups -OCH3 is 1. The van der Waals surface area contributed by atoms with Crippen LogP contribution in [0.25, 0.3) is 0 Å². The third kappa shape index (κ3) is 2.95. The summed E-state index contributed by atoms with van der Waals surface area (Å²) in [4.78, 5) is 23.7. The van der Waals surface area contributed by atoms with E-state index in [0.29, 0.717) is 11.3 Å². The van der Waals surface area contributed by atoms with Crippen molar-refractivity contribution in [3.05, 3.63) is 29.8 Å². The maximum atomic E-state index is 12.3. The number of nitrogens with one attached hydrogen (secondary N) is 1. The predicted molar refractivity (Wildman–Crippen MR) is 73.0 cm³/mol. The van der Waals surface area contributed by atoms with Gasteiger partial charge in [0.15, 0.2) is 0 Å². The monoisotopic (exact) mass is 261 g/mol. The number of hydrogen-bond acceptors (Lipinski definition) is 3. The van der Waals surface area contributed by atoms with E-state index in [2.05, 4.69) is 10.1 Å². The first-order valence-electron chi connectivity index (χ1n) is 6.55. The fraction of sp³-hybridized carbons (Fsp3) is 0.467. The number of hydrogen-bond donors (Lipinski definition) is 1. The van der Waals surface area contributed by atoms with Gasteiger partial charge in [-0.15, -0.1) is 0 Å². The summed E-state index contributed by atoms with van der Waals surface area (Å²) >= 11 is 0. The molecule has 4 heteroatoms. The van der Waals surface area contributed by atoms with Gasteiger partial charge in [0.2, 0.25) is 5.91 Å². The molecule has 0 bridgehead atoms. The average molecular weight is 261 g/mol. The molecule has 1 aromatic rings. The van der Waals surface area contributed by atoms with E-state index in [4.69, 9.17) is 0 Å². The highest BCUT2D eigenvalue weighted by Crippen LogP contribution is 2.38. The number of amides is 1. The normalized spacial score (nSPS) is 16.9. The molecule has 0 unspecified atom stereocenters. The molecule has 19 heavy (non-hydrogen) atoms. The highest BCUT2D eigenvalue weighted by atomic mass is 16.5. The van der Waals surface area contributed by atoms with E-state index >= 15 is 0 Å². The summed E-state index contributed by atoms with van der Waals surface area (Å²) in [6, 6.07) is 6.82. The average Bonchev–Trinajstić information content (AvgIpc) is 2.86. The number of esters is 1. The highest BCUT2D eigenvalue weighted by molar-refractivity contribution is 5.97. The van der Waals surface area contributed by atoms with Gasteiger partial charge in [0.05, 0.1) is 12.7 Å². The third-order valence-corrected chi connectivity index (χ3v) is 3.80. The first-order chi connectivity index (χ1) is 9.05. The number of anilines is 1. The van der Waals surface area contributed by atoms with Crippen LogP contribution < -0.4 is 5.32 Å². The van der Waals surface area contributed by atoms with Crippen molar-refractivity contribution < 1.29 is 14.3 Å². The van der Waals surface area contributed by atoms with Crippen LogP contribution in [0.5, 0.6) is 0 Å². The Bertz CT molecular complexity index is 490. The van der Waals surface area contributed by atoms with E-state index < -0.39 is 5.97 Å². The van der Waals surface area contributed by atoms with Gasteiger partial charge >= 0.3 is 5.97 Å². The second-order valence-electron chi connectivity index (χ2n) is 5.29. The van der Waals surface area contributed by atoms with E-state index in [0.717, 1.165) is 25.7 Å². The van der Waals surface area contributed by atoms with Crippen molar-refractivity contribution >= 4 is 17.6 Å². The molecule has 1 fully saturated rings. The van der Waals surface area contributed by atoms with Crippen LogP contribution in [0.4, 0.5) is 5.69 Å². The van der Waals surface area contributed by atoms with Crippen molar-refractivity contribution in [3.63, 3.8) is 0 Å². The minimum absolute atomic E-state index is 0.0343. The zero-order valence-corrected chi connectivity index (χ0v) is 11.4. The van der Waals surface area contributed by atoms with Crippen molar-refractivity contribution in [1.82, 2.24) is 0 Å². The fourth-order valence-electron chi connectivity index (χ4n) is 2.51. The topological polar surface area (TPSA) is 55.4 Å². The summed E-state index contributed by atoms with van der Waals surface area (Å²) < 4.78 is 4.66. The van der Waals surface area contributed by atoms with Gasteiger partial charge in [-0.1, -0.05) is 25.8 Å². The Hall–Kier alpha value is -1.84. The predicted octanol–water partition coefficient (Wildman–Crippen LogP) is 2.99. The van der Waals surface area contributed by atoms with Crippen molar-refractivity contribution in [2.75, 3.05) is 12.4 Å². The largest absolute Gasteiger partial charge is 0.465 e. The lowest BCUT2D eigenvalue weighted by Gasteiger charge is -2.22. The second-order valence-corrected chi connectivity index (χ2v) is 5.29. The summed E-state index contributed by atoms with van der Waals surface area (Å²) in [6.45, 7) is 2.00. The summed E-state index contributed by atoms with van der Waals surface area (Å²) in [5.74, 6) is -0.366. The fourth-order valence-corrected chi connectivity index (χ4v) is 2.51. The Morgan fingerprint density at radius 1 is 1.26 bits per heavy atom. The Morgan fingerprint density at radius 3 is 2.58 bits per heavy atom. The SMILES string of the molecule is COC(=O)c1cccc(NC(=O)C2(C)CCCC2)c1. The summed E-state index contributed by atoms with van der Waals surface area (Å²) in [5.41, 5.74) is 0.805. The second kappa shape index (κ2) is 5.43. The molecule has 0 atom stereocenters. The van der Waals surface area contributed by atoms with Crippen LogP contribution in [-0.2, 0) is 9.53 Å². The maximum absolute atomic E-state index is 12.3. The first kappa shape index (κ1) is 13.6. The van der Waals surface area contributed by atoms with Crippen molar-refractivity contribution in [2.24, 2.45) is 5.41 Å². The number of ether oxygens (including phenoxy) is 1. The van der Waals surface area contributed by atoms with Crippen LogP contribution in [0, 0.1) is 5.41 Å². The highest BCUT2D eigenvalue weighted by Gasteiger charge is 2.36. The molecule has 0 aliphatic heterocycles. The molecule has 0 aromatic heterocycles. The smallest absolute Gasteiger partial charge is 0.337 e. The van der Waals surface area contributed by atoms with Gasteiger partial charge in [-0.3, -0.25) is 4.79 Å². The Labute approximate surface area is 113 Å². The van der Waals surface area contributed by atoms with Gasteiger partial charge in [0.25, 0.3) is 0 Å². The zero-order valence-electron chi connectivity index (χ0n) is 11.4. The Balaban J connectivity index is 2.11. The molecule has 1 aliphatic carbocycles. The molecule has 1 amide bonds. The minimum Gasteiger partial charge on any atom is -0.465 e. The molecule has 1 aromatic carbocycles. The van der Waals surface area contributed by atoms with Crippen LogP contribution in [0.15, 0.2) is 24.3 Å². The lowest BCUT2D eigenvalue weighted by Crippen LogP contribution is -2.30. The lowest BCUT2D eigenvalue weighted by molar-refractivity contribution is -0.124. The molecule has 1 N–H and O–H groups in total. The number of benzene rings is 1. The van der Waals surface area contributed by atoms with Gasteiger partial charge < -0.3 is 10.1 Å². The summed E-state index contributed by atoms with van der Waals surface area (Å²) in [5, 5.41) is 2.90. The molecule has 4 nitrogen and oxygen atoms in total. The van der Waals surface area contributed by atoms with E-state index in [-0.39, 0.29) is 11.3 Å². The first-order valence-corrected chi connectivity index (χ1v) is 6.55. The van der Waals surface area contributed by atoms with Gasteiger partial charge in [0.1, 0.15) is 0 Å². The number of carbonyl (C=O) groups is 2. The van der Waals surface area contributed by atoms with Crippen molar-refractivity contribution in [1.29, 1.82) is 0 Å². The van der Waals surface area contributed by atoms with Crippen LogP contribution in [-0.4, -0.2) is 19.0 Å². The zero-order chi connectivity index (χ0) is 13.9. The molecule has 0 saturated heterocycles. The molecule has 102 valence electrons. The van der Waals surface area contributed by atoms with E-state index in [1.165, 1.54) is 7.11 Å². The van der Waals surface area contributed by atoms with Gasteiger partial charge in [-0.2, -0.15) is 0 Å². The third-order valence-electron chi connectivity index (χ3n) is 3.80. The molecule has 1 saturated carbocycles. The molecule has 0 radical (unpaired) electrons.